The van der Waals surface area contributed by atoms with E-state index in [4.69, 9.17) is 9.47 Å². The quantitative estimate of drug-likeness (QED) is 0.182. The predicted octanol–water partition coefficient (Wildman–Crippen LogP) is 6.86. The van der Waals surface area contributed by atoms with E-state index in [0.29, 0.717) is 0 Å². The molecule has 0 aliphatic rings. The van der Waals surface area contributed by atoms with Gasteiger partial charge >= 0.3 is 0 Å². The summed E-state index contributed by atoms with van der Waals surface area (Å²) in [6, 6.07) is 14.7. The van der Waals surface area contributed by atoms with Gasteiger partial charge in [-0.15, -0.1) is 0 Å². The van der Waals surface area contributed by atoms with Crippen molar-refractivity contribution in [1.29, 1.82) is 0 Å². The standard InChI is InChI=1S/C30H42N2O2/c1-4-5-6-7-8-9-10-11-12-13-20-31-21-16-26(17-22-31)27-18-23-32(24-19-27)28-14-15-29(33-2)30(25-28)34-3/h14-19,21-25H,4-13,20H2,1-3H3/q+2. The van der Waals surface area contributed by atoms with Gasteiger partial charge < -0.3 is 9.47 Å². The van der Waals surface area contributed by atoms with Gasteiger partial charge in [0.25, 0.3) is 0 Å². The summed E-state index contributed by atoms with van der Waals surface area (Å²) in [5.41, 5.74) is 3.48. The fourth-order valence-corrected chi connectivity index (χ4v) is 4.36. The number of benzene rings is 1. The van der Waals surface area contributed by atoms with Crippen LogP contribution in [0.2, 0.25) is 0 Å². The zero-order chi connectivity index (χ0) is 24.0. The van der Waals surface area contributed by atoms with Crippen LogP contribution in [0.4, 0.5) is 0 Å². The summed E-state index contributed by atoms with van der Waals surface area (Å²) in [6.45, 7) is 3.38. The van der Waals surface area contributed by atoms with E-state index < -0.39 is 0 Å². The van der Waals surface area contributed by atoms with Crippen molar-refractivity contribution in [2.75, 3.05) is 14.2 Å². The fraction of sp³-hybridized carbons (Fsp3) is 0.467. The average Bonchev–Trinajstić information content (AvgIpc) is 2.90. The zero-order valence-corrected chi connectivity index (χ0v) is 21.3. The van der Waals surface area contributed by atoms with Gasteiger partial charge in [-0.1, -0.05) is 58.3 Å². The highest BCUT2D eigenvalue weighted by molar-refractivity contribution is 5.61. The van der Waals surface area contributed by atoms with Gasteiger partial charge in [0.2, 0.25) is 5.69 Å². The van der Waals surface area contributed by atoms with Crippen molar-refractivity contribution >= 4 is 0 Å². The number of ether oxygens (including phenoxy) is 2. The minimum absolute atomic E-state index is 0.728. The molecule has 1 aromatic carbocycles. The number of rotatable bonds is 15. The molecule has 3 rings (SSSR count). The van der Waals surface area contributed by atoms with Crippen molar-refractivity contribution in [2.45, 2.75) is 77.7 Å². The Morgan fingerprint density at radius 1 is 0.588 bits per heavy atom. The summed E-state index contributed by atoms with van der Waals surface area (Å²) in [5.74, 6) is 1.46. The molecule has 0 amide bonds. The SMILES string of the molecule is CCCCCCCCCCCC[n+]1ccc(-c2cc[n+](-c3ccc(OC)c(OC)c3)cc2)cc1. The van der Waals surface area contributed by atoms with Crippen LogP contribution in [0.3, 0.4) is 0 Å². The first kappa shape index (κ1) is 25.7. The van der Waals surface area contributed by atoms with Crippen LogP contribution in [-0.4, -0.2) is 14.2 Å². The highest BCUT2D eigenvalue weighted by Crippen LogP contribution is 2.27. The van der Waals surface area contributed by atoms with E-state index in [1.807, 2.05) is 18.2 Å². The molecule has 0 atom stereocenters. The molecule has 0 aliphatic heterocycles. The third kappa shape index (κ3) is 7.86. The Morgan fingerprint density at radius 3 is 1.68 bits per heavy atom. The molecule has 0 saturated heterocycles. The largest absolute Gasteiger partial charge is 0.493 e. The number of hydrogen-bond acceptors (Lipinski definition) is 2. The highest BCUT2D eigenvalue weighted by atomic mass is 16.5. The summed E-state index contributed by atoms with van der Waals surface area (Å²) in [5, 5.41) is 0. The molecule has 4 heteroatoms. The fourth-order valence-electron chi connectivity index (χ4n) is 4.36. The Hall–Kier alpha value is -2.88. The van der Waals surface area contributed by atoms with Gasteiger partial charge in [-0.05, 0) is 23.6 Å². The van der Waals surface area contributed by atoms with E-state index in [2.05, 4.69) is 65.1 Å². The van der Waals surface area contributed by atoms with Gasteiger partial charge in [0.15, 0.2) is 36.3 Å². The van der Waals surface area contributed by atoms with Crippen LogP contribution in [-0.2, 0) is 6.54 Å². The molecule has 0 bridgehead atoms. The van der Waals surface area contributed by atoms with Crippen LogP contribution in [0, 0.1) is 0 Å². The van der Waals surface area contributed by atoms with Crippen molar-refractivity contribution in [2.24, 2.45) is 0 Å². The Balaban J connectivity index is 1.44. The second-order valence-corrected chi connectivity index (χ2v) is 9.04. The van der Waals surface area contributed by atoms with Crippen LogP contribution >= 0.6 is 0 Å². The van der Waals surface area contributed by atoms with Crippen molar-refractivity contribution in [1.82, 2.24) is 0 Å². The first-order chi connectivity index (χ1) is 16.7. The maximum atomic E-state index is 5.43. The lowest BCUT2D eigenvalue weighted by Gasteiger charge is -2.07. The first-order valence-corrected chi connectivity index (χ1v) is 13.0. The number of aryl methyl sites for hydroxylation is 1. The second kappa shape index (κ2) is 14.4. The van der Waals surface area contributed by atoms with Crippen LogP contribution < -0.4 is 18.6 Å². The second-order valence-electron chi connectivity index (χ2n) is 9.04. The number of aromatic nitrogens is 2. The van der Waals surface area contributed by atoms with E-state index >= 15 is 0 Å². The van der Waals surface area contributed by atoms with Crippen LogP contribution in [0.25, 0.3) is 16.8 Å². The van der Waals surface area contributed by atoms with Gasteiger partial charge in [0.1, 0.15) is 6.54 Å². The average molecular weight is 463 g/mol. The topological polar surface area (TPSA) is 26.2 Å². The first-order valence-electron chi connectivity index (χ1n) is 13.0. The molecule has 0 spiro atoms. The van der Waals surface area contributed by atoms with E-state index in [9.17, 15) is 0 Å². The molecule has 3 aromatic rings. The Labute approximate surface area is 206 Å². The maximum Gasteiger partial charge on any atom is 0.214 e. The van der Waals surface area contributed by atoms with Gasteiger partial charge in [0.05, 0.1) is 20.3 Å². The summed E-state index contributed by atoms with van der Waals surface area (Å²) >= 11 is 0. The lowest BCUT2D eigenvalue weighted by molar-refractivity contribution is -0.697. The number of unbranched alkanes of at least 4 members (excludes halogenated alkanes) is 9. The smallest absolute Gasteiger partial charge is 0.214 e. The third-order valence-corrected chi connectivity index (χ3v) is 6.49. The van der Waals surface area contributed by atoms with Crippen LogP contribution in [0.1, 0.15) is 71.1 Å². The molecule has 182 valence electrons. The Bertz CT molecular complexity index is 968. The van der Waals surface area contributed by atoms with Gasteiger partial charge in [-0.2, -0.15) is 4.57 Å². The molecule has 0 fully saturated rings. The lowest BCUT2D eigenvalue weighted by Crippen LogP contribution is -2.32. The van der Waals surface area contributed by atoms with E-state index in [1.54, 1.807) is 14.2 Å². The minimum atomic E-state index is 0.728. The summed E-state index contributed by atoms with van der Waals surface area (Å²) < 4.78 is 15.2. The molecular formula is C30H42N2O2+2. The molecule has 0 saturated carbocycles. The molecule has 0 unspecified atom stereocenters. The summed E-state index contributed by atoms with van der Waals surface area (Å²) in [7, 11) is 3.31. The van der Waals surface area contributed by atoms with E-state index in [0.717, 1.165) is 23.7 Å². The van der Waals surface area contributed by atoms with Crippen molar-refractivity contribution in [3.8, 4) is 28.3 Å². The molecule has 0 aliphatic carbocycles. The summed E-state index contributed by atoms with van der Waals surface area (Å²) in [4.78, 5) is 0. The van der Waals surface area contributed by atoms with Gasteiger partial charge in [-0.3, -0.25) is 0 Å². The van der Waals surface area contributed by atoms with Crippen LogP contribution in [0.5, 0.6) is 11.5 Å². The van der Waals surface area contributed by atoms with Gasteiger partial charge in [-0.25, -0.2) is 4.57 Å². The molecule has 2 aromatic heterocycles. The number of methoxy groups -OCH3 is 2. The lowest BCUT2D eigenvalue weighted by atomic mass is 10.1. The number of nitrogens with zero attached hydrogens (tertiary/aromatic N) is 2. The monoisotopic (exact) mass is 462 g/mol. The third-order valence-electron chi connectivity index (χ3n) is 6.49. The Morgan fingerprint density at radius 2 is 1.12 bits per heavy atom. The Kier molecular flexibility index (Phi) is 10.9. The normalized spacial score (nSPS) is 10.9. The van der Waals surface area contributed by atoms with Crippen LogP contribution in [0.15, 0.2) is 67.3 Å². The number of pyridine rings is 2. The van der Waals surface area contributed by atoms with E-state index in [-0.39, 0.29) is 0 Å². The van der Waals surface area contributed by atoms with Crippen molar-refractivity contribution in [3.63, 3.8) is 0 Å². The maximum absolute atomic E-state index is 5.43. The molecule has 0 N–H and O–H groups in total. The molecular weight excluding hydrogens is 420 g/mol. The molecule has 2 heterocycles. The molecule has 34 heavy (non-hydrogen) atoms. The number of hydrogen-bond donors (Lipinski definition) is 0. The summed E-state index contributed by atoms with van der Waals surface area (Å²) in [6.07, 6.45) is 22.4. The molecule has 0 radical (unpaired) electrons. The zero-order valence-electron chi connectivity index (χ0n) is 21.3. The predicted molar refractivity (Wildman–Crippen MR) is 139 cm³/mol. The highest BCUT2D eigenvalue weighted by Gasteiger charge is 2.12. The van der Waals surface area contributed by atoms with Crippen molar-refractivity contribution in [3.05, 3.63) is 67.3 Å². The van der Waals surface area contributed by atoms with Gasteiger partial charge in [0, 0.05) is 36.8 Å². The van der Waals surface area contributed by atoms with Crippen molar-refractivity contribution < 1.29 is 18.6 Å². The molecule has 4 nitrogen and oxygen atoms in total. The minimum Gasteiger partial charge on any atom is -0.493 e. The van der Waals surface area contributed by atoms with E-state index in [1.165, 1.54) is 75.3 Å².